The Kier molecular flexibility index (Phi) is 1.73. The van der Waals surface area contributed by atoms with Crippen LogP contribution >= 0.6 is 0 Å². The molecule has 0 atom stereocenters. The van der Waals surface area contributed by atoms with Crippen LogP contribution in [0.15, 0.2) is 23.0 Å². The van der Waals surface area contributed by atoms with E-state index in [0.29, 0.717) is 16.7 Å². The molecule has 2 rings (SSSR count). The van der Waals surface area contributed by atoms with Gasteiger partial charge in [0.05, 0.1) is 10.9 Å². The van der Waals surface area contributed by atoms with Crippen LogP contribution < -0.4 is 11.4 Å². The number of halogens is 1. The van der Waals surface area contributed by atoms with E-state index >= 15 is 0 Å². The van der Waals surface area contributed by atoms with Gasteiger partial charge in [0.2, 0.25) is 0 Å². The third kappa shape index (κ3) is 1.14. The van der Waals surface area contributed by atoms with Crippen molar-refractivity contribution in [3.05, 3.63) is 40.2 Å². The Labute approximate surface area is 78.8 Å². The summed E-state index contributed by atoms with van der Waals surface area (Å²) in [5.74, 6) is 5.37. The van der Waals surface area contributed by atoms with Crippen LogP contribution in [0, 0.1) is 12.7 Å². The quantitative estimate of drug-likeness (QED) is 0.622. The molecule has 4 nitrogen and oxygen atoms in total. The van der Waals surface area contributed by atoms with Crippen molar-refractivity contribution >= 4 is 10.9 Å². The van der Waals surface area contributed by atoms with Crippen LogP contribution in [0.1, 0.15) is 5.82 Å². The first-order chi connectivity index (χ1) is 6.59. The van der Waals surface area contributed by atoms with E-state index in [0.717, 1.165) is 4.68 Å². The number of aromatic nitrogens is 2. The van der Waals surface area contributed by atoms with Gasteiger partial charge in [-0.3, -0.25) is 4.79 Å². The highest BCUT2D eigenvalue weighted by molar-refractivity contribution is 5.77. The fraction of sp³-hybridized carbons (Fsp3) is 0.111. The molecule has 0 fully saturated rings. The Morgan fingerprint density at radius 1 is 1.50 bits per heavy atom. The van der Waals surface area contributed by atoms with E-state index < -0.39 is 5.82 Å². The van der Waals surface area contributed by atoms with Crippen molar-refractivity contribution in [2.45, 2.75) is 6.92 Å². The molecule has 0 amide bonds. The summed E-state index contributed by atoms with van der Waals surface area (Å²) in [5, 5.41) is 0.319. The van der Waals surface area contributed by atoms with E-state index in [9.17, 15) is 9.18 Å². The summed E-state index contributed by atoms with van der Waals surface area (Å²) in [4.78, 5) is 15.5. The number of nitrogen functional groups attached to an aromatic ring is 1. The zero-order valence-corrected chi connectivity index (χ0v) is 7.49. The van der Waals surface area contributed by atoms with Gasteiger partial charge < -0.3 is 5.84 Å². The fourth-order valence-corrected chi connectivity index (χ4v) is 1.28. The van der Waals surface area contributed by atoms with Gasteiger partial charge in [0.25, 0.3) is 5.56 Å². The number of nitrogens with two attached hydrogens (primary N) is 1. The lowest BCUT2D eigenvalue weighted by atomic mass is 10.2. The average Bonchev–Trinajstić information content (AvgIpc) is 2.14. The molecule has 1 aromatic carbocycles. The zero-order valence-electron chi connectivity index (χ0n) is 7.49. The second-order valence-corrected chi connectivity index (χ2v) is 3.00. The molecular weight excluding hydrogens is 185 g/mol. The minimum Gasteiger partial charge on any atom is -0.335 e. The van der Waals surface area contributed by atoms with Crippen molar-refractivity contribution < 1.29 is 4.39 Å². The third-order valence-electron chi connectivity index (χ3n) is 2.04. The number of nitrogens with zero attached hydrogens (tertiary/aromatic N) is 2. The van der Waals surface area contributed by atoms with E-state index in [4.69, 9.17) is 5.84 Å². The molecule has 2 N–H and O–H groups in total. The first-order valence-electron chi connectivity index (χ1n) is 4.03. The van der Waals surface area contributed by atoms with Gasteiger partial charge >= 0.3 is 0 Å². The van der Waals surface area contributed by atoms with E-state index in [1.807, 2.05) is 0 Å². The van der Waals surface area contributed by atoms with Crippen LogP contribution in [0.4, 0.5) is 4.39 Å². The monoisotopic (exact) mass is 193 g/mol. The number of rotatable bonds is 0. The van der Waals surface area contributed by atoms with E-state index in [1.165, 1.54) is 18.2 Å². The molecule has 5 heteroatoms. The summed E-state index contributed by atoms with van der Waals surface area (Å²) < 4.78 is 13.8. The molecule has 0 spiro atoms. The maximum atomic E-state index is 12.8. The third-order valence-corrected chi connectivity index (χ3v) is 2.04. The number of hydrogen-bond acceptors (Lipinski definition) is 3. The Morgan fingerprint density at radius 2 is 2.21 bits per heavy atom. The maximum Gasteiger partial charge on any atom is 0.279 e. The predicted molar refractivity (Wildman–Crippen MR) is 50.8 cm³/mol. The van der Waals surface area contributed by atoms with Gasteiger partial charge in [-0.05, 0) is 19.1 Å². The molecule has 72 valence electrons. The topological polar surface area (TPSA) is 60.9 Å². The van der Waals surface area contributed by atoms with Crippen molar-refractivity contribution in [2.75, 3.05) is 5.84 Å². The average molecular weight is 193 g/mol. The van der Waals surface area contributed by atoms with Crippen molar-refractivity contribution in [1.29, 1.82) is 0 Å². The summed E-state index contributed by atoms with van der Waals surface area (Å²) in [6.45, 7) is 1.59. The van der Waals surface area contributed by atoms with E-state index in [1.54, 1.807) is 6.92 Å². The molecule has 0 unspecified atom stereocenters. The second kappa shape index (κ2) is 2.80. The normalized spacial score (nSPS) is 10.7. The zero-order chi connectivity index (χ0) is 10.3. The Hall–Kier alpha value is -1.91. The number of fused-ring (bicyclic) bond motifs is 1. The number of benzene rings is 1. The van der Waals surface area contributed by atoms with Crippen LogP contribution in [0.2, 0.25) is 0 Å². The van der Waals surface area contributed by atoms with Crippen molar-refractivity contribution in [3.63, 3.8) is 0 Å². The molecule has 0 aliphatic rings. The predicted octanol–water partition coefficient (Wildman–Crippen LogP) is 0.558. The lowest BCUT2D eigenvalue weighted by Gasteiger charge is -2.04. The van der Waals surface area contributed by atoms with Crippen molar-refractivity contribution in [2.24, 2.45) is 0 Å². The minimum atomic E-state index is -0.418. The number of aryl methyl sites for hydroxylation is 1. The highest BCUT2D eigenvalue weighted by Gasteiger charge is 2.05. The molecule has 1 aromatic heterocycles. The molecule has 2 aromatic rings. The van der Waals surface area contributed by atoms with E-state index in [-0.39, 0.29) is 5.56 Å². The van der Waals surface area contributed by atoms with Gasteiger partial charge in [-0.15, -0.1) is 0 Å². The minimum absolute atomic E-state index is 0.319. The van der Waals surface area contributed by atoms with Crippen LogP contribution in [-0.4, -0.2) is 9.66 Å². The van der Waals surface area contributed by atoms with Gasteiger partial charge in [-0.1, -0.05) is 0 Å². The Morgan fingerprint density at radius 3 is 2.93 bits per heavy atom. The molecule has 14 heavy (non-hydrogen) atoms. The molecule has 0 saturated carbocycles. The van der Waals surface area contributed by atoms with Gasteiger partial charge in [-0.2, -0.15) is 0 Å². The first-order valence-corrected chi connectivity index (χ1v) is 4.03. The van der Waals surface area contributed by atoms with Crippen molar-refractivity contribution in [3.8, 4) is 0 Å². The standard InChI is InChI=1S/C9H8FN3O/c1-5-12-8-4-6(10)2-3-7(8)9(14)13(5)11/h2-4H,11H2,1H3. The maximum absolute atomic E-state index is 12.8. The largest absolute Gasteiger partial charge is 0.335 e. The van der Waals surface area contributed by atoms with E-state index in [2.05, 4.69) is 4.98 Å². The molecule has 1 heterocycles. The lowest BCUT2D eigenvalue weighted by molar-refractivity contribution is 0.629. The summed E-state index contributed by atoms with van der Waals surface area (Å²) in [6.07, 6.45) is 0. The SMILES string of the molecule is Cc1nc2cc(F)ccc2c(=O)n1N. The van der Waals surface area contributed by atoms with Gasteiger partial charge in [0, 0.05) is 6.07 Å². The molecule has 0 saturated heterocycles. The van der Waals surface area contributed by atoms with Crippen LogP contribution in [0.5, 0.6) is 0 Å². The smallest absolute Gasteiger partial charge is 0.279 e. The van der Waals surface area contributed by atoms with Crippen LogP contribution in [0.3, 0.4) is 0 Å². The highest BCUT2D eigenvalue weighted by Crippen LogP contribution is 2.09. The molecule has 0 radical (unpaired) electrons. The number of hydrogen-bond donors (Lipinski definition) is 1. The molecule has 0 aliphatic carbocycles. The van der Waals surface area contributed by atoms with Gasteiger partial charge in [-0.25, -0.2) is 14.1 Å². The van der Waals surface area contributed by atoms with Gasteiger partial charge in [0.15, 0.2) is 0 Å². The summed E-state index contributed by atoms with van der Waals surface area (Å²) in [7, 11) is 0. The molecular formula is C9H8FN3O. The lowest BCUT2D eigenvalue weighted by Crippen LogP contribution is -2.30. The van der Waals surface area contributed by atoms with Gasteiger partial charge in [0.1, 0.15) is 11.6 Å². The van der Waals surface area contributed by atoms with Crippen molar-refractivity contribution in [1.82, 2.24) is 9.66 Å². The highest BCUT2D eigenvalue weighted by atomic mass is 19.1. The molecule has 0 bridgehead atoms. The van der Waals surface area contributed by atoms with Crippen LogP contribution in [0.25, 0.3) is 10.9 Å². The first kappa shape index (κ1) is 8.68. The fourth-order valence-electron chi connectivity index (χ4n) is 1.28. The summed E-state index contributed by atoms with van der Waals surface area (Å²) in [5.41, 5.74) is -0.0401. The molecule has 0 aliphatic heterocycles. The second-order valence-electron chi connectivity index (χ2n) is 3.00. The summed E-state index contributed by atoms with van der Waals surface area (Å²) in [6, 6.07) is 3.80. The summed E-state index contributed by atoms with van der Waals surface area (Å²) >= 11 is 0. The van der Waals surface area contributed by atoms with Crippen LogP contribution in [-0.2, 0) is 0 Å². The Bertz CT molecular complexity index is 562. The Balaban J connectivity index is 2.98.